The maximum Gasteiger partial charge on any atom is 0.244 e. The smallest absolute Gasteiger partial charge is 0.244 e. The van der Waals surface area contributed by atoms with Crippen LogP contribution in [0.15, 0.2) is 97.1 Å². The Morgan fingerprint density at radius 2 is 1.50 bits per heavy atom. The van der Waals surface area contributed by atoms with Gasteiger partial charge in [0.05, 0.1) is 11.9 Å². The molecule has 0 bridgehead atoms. The Balaban J connectivity index is 1.77. The van der Waals surface area contributed by atoms with Gasteiger partial charge in [-0.3, -0.25) is 13.9 Å². The van der Waals surface area contributed by atoms with E-state index in [1.54, 1.807) is 30.3 Å². The summed E-state index contributed by atoms with van der Waals surface area (Å²) in [5, 5.41) is 5.03. The van der Waals surface area contributed by atoms with Gasteiger partial charge in [0.15, 0.2) is 0 Å². The predicted molar refractivity (Wildman–Crippen MR) is 170 cm³/mol. The first-order valence-electron chi connectivity index (χ1n) is 13.8. The van der Waals surface area contributed by atoms with Crippen LogP contribution in [-0.4, -0.2) is 50.5 Å². The minimum atomic E-state index is -3.88. The number of sulfonamides is 1. The molecule has 0 saturated carbocycles. The SMILES string of the molecule is CC(C)CNC(=O)[C@@H](Cc1ccccc1)N(Cc1cccc(Cl)c1)C(=O)CN(c1cccc2ccccc12)S(C)(=O)=O. The number of carbonyl (C=O) groups is 2. The summed E-state index contributed by atoms with van der Waals surface area (Å²) in [6.45, 7) is 4.02. The number of anilines is 1. The van der Waals surface area contributed by atoms with Crippen LogP contribution in [0.1, 0.15) is 25.0 Å². The Hall–Kier alpha value is -3.88. The molecule has 0 heterocycles. The van der Waals surface area contributed by atoms with Crippen molar-refractivity contribution >= 4 is 49.9 Å². The fourth-order valence-corrected chi connectivity index (χ4v) is 5.90. The van der Waals surface area contributed by atoms with Gasteiger partial charge < -0.3 is 10.2 Å². The van der Waals surface area contributed by atoms with Crippen LogP contribution >= 0.6 is 11.6 Å². The standard InChI is InChI=1S/C33H36ClN3O4S/c1-24(2)21-35-33(39)31(20-25-11-5-4-6-12-25)36(22-26-13-9-16-28(34)19-26)32(38)23-37(42(3,40)41)30-18-10-15-27-14-7-8-17-29(27)30/h4-19,24,31H,20-23H2,1-3H3,(H,35,39)/t31-/m1/s1. The van der Waals surface area contributed by atoms with E-state index in [0.717, 1.165) is 27.1 Å². The second kappa shape index (κ2) is 13.9. The van der Waals surface area contributed by atoms with Crippen molar-refractivity contribution in [3.8, 4) is 0 Å². The summed E-state index contributed by atoms with van der Waals surface area (Å²) in [6.07, 6.45) is 1.34. The van der Waals surface area contributed by atoms with E-state index < -0.39 is 28.5 Å². The van der Waals surface area contributed by atoms with E-state index in [1.807, 2.05) is 80.6 Å². The van der Waals surface area contributed by atoms with Crippen LogP contribution in [0.4, 0.5) is 5.69 Å². The quantitative estimate of drug-likeness (QED) is 0.225. The molecule has 2 amide bonds. The zero-order valence-electron chi connectivity index (χ0n) is 24.0. The number of hydrogen-bond donors (Lipinski definition) is 1. The average molecular weight is 606 g/mol. The Kier molecular flexibility index (Phi) is 10.2. The van der Waals surface area contributed by atoms with Gasteiger partial charge in [0.2, 0.25) is 21.8 Å². The third-order valence-electron chi connectivity index (χ3n) is 6.91. The molecule has 0 aromatic heterocycles. The van der Waals surface area contributed by atoms with Gasteiger partial charge in [-0.15, -0.1) is 0 Å². The van der Waals surface area contributed by atoms with Crippen molar-refractivity contribution in [2.24, 2.45) is 5.92 Å². The van der Waals surface area contributed by atoms with Crippen LogP contribution in [-0.2, 0) is 32.6 Å². The first-order valence-corrected chi connectivity index (χ1v) is 16.1. The molecule has 1 N–H and O–H groups in total. The first kappa shape index (κ1) is 31.1. The zero-order valence-corrected chi connectivity index (χ0v) is 25.6. The topological polar surface area (TPSA) is 86.8 Å². The second-order valence-electron chi connectivity index (χ2n) is 10.8. The molecule has 220 valence electrons. The highest BCUT2D eigenvalue weighted by Crippen LogP contribution is 2.29. The fraction of sp³-hybridized carbons (Fsp3) is 0.273. The number of hydrogen-bond acceptors (Lipinski definition) is 4. The zero-order chi connectivity index (χ0) is 30.3. The number of carbonyl (C=O) groups excluding carboxylic acids is 2. The van der Waals surface area contributed by atoms with E-state index in [9.17, 15) is 18.0 Å². The molecule has 0 fully saturated rings. The molecular weight excluding hydrogens is 570 g/mol. The summed E-state index contributed by atoms with van der Waals surface area (Å²) >= 11 is 6.27. The van der Waals surface area contributed by atoms with Gasteiger partial charge >= 0.3 is 0 Å². The van der Waals surface area contributed by atoms with Crippen molar-refractivity contribution in [3.63, 3.8) is 0 Å². The first-order chi connectivity index (χ1) is 20.0. The molecule has 0 radical (unpaired) electrons. The Morgan fingerprint density at radius 3 is 2.19 bits per heavy atom. The van der Waals surface area contributed by atoms with E-state index in [2.05, 4.69) is 5.32 Å². The normalized spacial score (nSPS) is 12.2. The molecule has 1 atom stereocenters. The Bertz CT molecular complexity index is 1640. The number of halogens is 1. The molecule has 0 spiro atoms. The largest absolute Gasteiger partial charge is 0.354 e. The van der Waals surface area contributed by atoms with Crippen LogP contribution in [0.25, 0.3) is 10.8 Å². The highest BCUT2D eigenvalue weighted by molar-refractivity contribution is 7.92. The summed E-state index contributed by atoms with van der Waals surface area (Å²) in [7, 11) is -3.88. The summed E-state index contributed by atoms with van der Waals surface area (Å²) < 4.78 is 27.5. The second-order valence-corrected chi connectivity index (χ2v) is 13.1. The predicted octanol–water partition coefficient (Wildman–Crippen LogP) is 5.67. The van der Waals surface area contributed by atoms with E-state index in [0.29, 0.717) is 22.6 Å². The number of nitrogens with zero attached hydrogens (tertiary/aromatic N) is 2. The summed E-state index contributed by atoms with van der Waals surface area (Å²) in [4.78, 5) is 29.5. The van der Waals surface area contributed by atoms with Crippen molar-refractivity contribution < 1.29 is 18.0 Å². The van der Waals surface area contributed by atoms with E-state index in [-0.39, 0.29) is 24.8 Å². The third kappa shape index (κ3) is 8.11. The van der Waals surface area contributed by atoms with Gasteiger partial charge in [0.25, 0.3) is 0 Å². The Labute approximate surface area is 253 Å². The van der Waals surface area contributed by atoms with Crippen LogP contribution in [0.5, 0.6) is 0 Å². The number of rotatable bonds is 12. The fourth-order valence-electron chi connectivity index (χ4n) is 4.83. The molecule has 0 aliphatic heterocycles. The van der Waals surface area contributed by atoms with Crippen molar-refractivity contribution in [1.29, 1.82) is 0 Å². The number of amides is 2. The summed E-state index contributed by atoms with van der Waals surface area (Å²) in [5.74, 6) is -0.608. The molecule has 0 saturated heterocycles. The molecule has 7 nitrogen and oxygen atoms in total. The minimum absolute atomic E-state index is 0.0686. The van der Waals surface area contributed by atoms with Gasteiger partial charge in [0.1, 0.15) is 12.6 Å². The van der Waals surface area contributed by atoms with Crippen molar-refractivity contribution in [2.75, 3.05) is 23.7 Å². The maximum absolute atomic E-state index is 14.3. The molecule has 0 unspecified atom stereocenters. The molecule has 42 heavy (non-hydrogen) atoms. The highest BCUT2D eigenvalue weighted by atomic mass is 35.5. The van der Waals surface area contributed by atoms with E-state index in [4.69, 9.17) is 11.6 Å². The van der Waals surface area contributed by atoms with Gasteiger partial charge in [-0.1, -0.05) is 104 Å². The summed E-state index contributed by atoms with van der Waals surface area (Å²) in [6, 6.07) is 28.4. The Morgan fingerprint density at radius 1 is 0.857 bits per heavy atom. The van der Waals surface area contributed by atoms with Gasteiger partial charge in [-0.05, 0) is 40.6 Å². The molecule has 0 aliphatic rings. The van der Waals surface area contributed by atoms with E-state index >= 15 is 0 Å². The van der Waals surface area contributed by atoms with Crippen LogP contribution in [0, 0.1) is 5.92 Å². The minimum Gasteiger partial charge on any atom is -0.354 e. The lowest BCUT2D eigenvalue weighted by molar-refractivity contribution is -0.140. The van der Waals surface area contributed by atoms with Crippen molar-refractivity contribution in [1.82, 2.24) is 10.2 Å². The van der Waals surface area contributed by atoms with Crippen LogP contribution in [0.2, 0.25) is 5.02 Å². The molecule has 0 aliphatic carbocycles. The van der Waals surface area contributed by atoms with E-state index in [1.165, 1.54) is 4.90 Å². The monoisotopic (exact) mass is 605 g/mol. The lowest BCUT2D eigenvalue weighted by atomic mass is 10.0. The number of nitrogens with one attached hydrogen (secondary N) is 1. The number of fused-ring (bicyclic) bond motifs is 1. The maximum atomic E-state index is 14.3. The highest BCUT2D eigenvalue weighted by Gasteiger charge is 2.33. The molecular formula is C33H36ClN3O4S. The van der Waals surface area contributed by atoms with Gasteiger partial charge in [-0.25, -0.2) is 8.42 Å². The van der Waals surface area contributed by atoms with Crippen molar-refractivity contribution in [3.05, 3.63) is 113 Å². The third-order valence-corrected chi connectivity index (χ3v) is 8.27. The molecule has 4 rings (SSSR count). The molecule has 4 aromatic rings. The average Bonchev–Trinajstić information content (AvgIpc) is 2.96. The van der Waals surface area contributed by atoms with Gasteiger partial charge in [-0.2, -0.15) is 0 Å². The number of benzene rings is 4. The molecule has 4 aromatic carbocycles. The van der Waals surface area contributed by atoms with Crippen LogP contribution < -0.4 is 9.62 Å². The van der Waals surface area contributed by atoms with Crippen LogP contribution in [0.3, 0.4) is 0 Å². The lowest BCUT2D eigenvalue weighted by Gasteiger charge is -2.34. The molecule has 9 heteroatoms. The van der Waals surface area contributed by atoms with Gasteiger partial charge in [0, 0.05) is 29.9 Å². The summed E-state index contributed by atoms with van der Waals surface area (Å²) in [5.41, 5.74) is 2.00. The lowest BCUT2D eigenvalue weighted by Crippen LogP contribution is -2.53. The van der Waals surface area contributed by atoms with Crippen molar-refractivity contribution in [2.45, 2.75) is 32.9 Å².